The maximum absolute atomic E-state index is 12.9. The van der Waals surface area contributed by atoms with Gasteiger partial charge in [-0.3, -0.25) is 19.3 Å². The van der Waals surface area contributed by atoms with Crippen LogP contribution in [0.5, 0.6) is 0 Å². The Morgan fingerprint density at radius 1 is 1.38 bits per heavy atom. The maximum atomic E-state index is 12.9. The third kappa shape index (κ3) is 6.10. The number of aromatic nitrogens is 4. The van der Waals surface area contributed by atoms with Gasteiger partial charge in [-0.25, -0.2) is 0 Å². The molecule has 2 bridgehead atoms. The summed E-state index contributed by atoms with van der Waals surface area (Å²) in [7, 11) is 1.73. The number of ether oxygens (including phenoxy) is 1. The summed E-state index contributed by atoms with van der Waals surface area (Å²) in [6.45, 7) is 5.32. The average Bonchev–Trinajstić information content (AvgIpc) is 3.26. The molecule has 0 spiro atoms. The van der Waals surface area contributed by atoms with E-state index in [1.54, 1.807) is 46.1 Å². The summed E-state index contributed by atoms with van der Waals surface area (Å²) in [4.78, 5) is 33.0. The van der Waals surface area contributed by atoms with Gasteiger partial charge in [0.05, 0.1) is 31.6 Å². The van der Waals surface area contributed by atoms with Crippen LogP contribution in [0, 0.1) is 5.92 Å². The second kappa shape index (κ2) is 11.1. The van der Waals surface area contributed by atoms with E-state index in [1.807, 2.05) is 20.0 Å². The lowest BCUT2D eigenvalue weighted by Gasteiger charge is -2.35. The monoisotopic (exact) mass is 444 g/mol. The minimum Gasteiger partial charge on any atom is -0.394 e. The van der Waals surface area contributed by atoms with E-state index in [2.05, 4.69) is 15.3 Å². The van der Waals surface area contributed by atoms with Crippen molar-refractivity contribution in [3.63, 3.8) is 0 Å². The van der Waals surface area contributed by atoms with E-state index < -0.39 is 0 Å². The molecule has 3 heterocycles. The quantitative estimate of drug-likeness (QED) is 0.731. The molecule has 2 aromatic heterocycles. The number of aliphatic hydroxyl groups is 1. The Balaban J connectivity index is 1.80. The topological polar surface area (TPSA) is 114 Å². The van der Waals surface area contributed by atoms with Gasteiger partial charge in [0.1, 0.15) is 5.69 Å². The highest BCUT2D eigenvalue weighted by Crippen LogP contribution is 2.18. The Kier molecular flexibility index (Phi) is 8.29. The normalized spacial score (nSPS) is 21.2. The number of nitrogens with zero attached hydrogens (tertiary/aromatic N) is 6. The number of fused-ring (bicyclic) bond motifs is 2. The van der Waals surface area contributed by atoms with Gasteiger partial charge < -0.3 is 19.6 Å². The number of aliphatic hydroxyl groups excluding tert-OH is 1. The summed E-state index contributed by atoms with van der Waals surface area (Å²) in [5.74, 6) is -0.233. The van der Waals surface area contributed by atoms with Gasteiger partial charge in [0.2, 0.25) is 5.91 Å². The Bertz CT molecular complexity index is 890. The van der Waals surface area contributed by atoms with E-state index in [4.69, 9.17) is 4.74 Å². The van der Waals surface area contributed by atoms with E-state index in [-0.39, 0.29) is 43.1 Å². The van der Waals surface area contributed by atoms with Gasteiger partial charge in [-0.05, 0) is 25.5 Å². The minimum absolute atomic E-state index is 0.0158. The first kappa shape index (κ1) is 23.8. The molecule has 174 valence electrons. The highest BCUT2D eigenvalue weighted by Gasteiger charge is 2.29. The first-order valence-electron chi connectivity index (χ1n) is 11.0. The molecule has 2 amide bonds. The number of rotatable bonds is 5. The van der Waals surface area contributed by atoms with Crippen molar-refractivity contribution < 1.29 is 19.4 Å². The standard InChI is InChI=1S/C22H32N6O4/c1-16-11-28(17(2)14-29)21(30)5-4-10-27-12-19(24-25-27)15-32-20(16)13-26(3)22(31)18-6-8-23-9-7-18/h6-9,12,16-17,20,29H,4-5,10-11,13-15H2,1-3H3/t16-,17-,20-/m0/s1. The van der Waals surface area contributed by atoms with Gasteiger partial charge in [-0.15, -0.1) is 5.10 Å². The zero-order valence-electron chi connectivity index (χ0n) is 18.9. The van der Waals surface area contributed by atoms with Crippen molar-refractivity contribution in [1.29, 1.82) is 0 Å². The van der Waals surface area contributed by atoms with Gasteiger partial charge in [0, 0.05) is 57.0 Å². The van der Waals surface area contributed by atoms with Crippen LogP contribution in [0.1, 0.15) is 42.7 Å². The molecule has 10 nitrogen and oxygen atoms in total. The second-order valence-corrected chi connectivity index (χ2v) is 8.40. The molecular weight excluding hydrogens is 412 g/mol. The third-order valence-corrected chi connectivity index (χ3v) is 5.77. The zero-order valence-corrected chi connectivity index (χ0v) is 18.9. The molecule has 0 saturated heterocycles. The van der Waals surface area contributed by atoms with Crippen LogP contribution in [0.15, 0.2) is 30.7 Å². The van der Waals surface area contributed by atoms with Crippen molar-refractivity contribution in [3.8, 4) is 0 Å². The number of hydrogen-bond donors (Lipinski definition) is 1. The van der Waals surface area contributed by atoms with Crippen molar-refractivity contribution in [2.45, 2.75) is 52.0 Å². The molecule has 10 heteroatoms. The molecule has 0 saturated carbocycles. The van der Waals surface area contributed by atoms with Crippen molar-refractivity contribution in [2.75, 3.05) is 26.7 Å². The van der Waals surface area contributed by atoms with Crippen LogP contribution in [-0.4, -0.2) is 85.6 Å². The van der Waals surface area contributed by atoms with Gasteiger partial charge in [0.25, 0.3) is 5.91 Å². The third-order valence-electron chi connectivity index (χ3n) is 5.77. The Labute approximate surface area is 188 Å². The first-order valence-corrected chi connectivity index (χ1v) is 11.0. The summed E-state index contributed by atoms with van der Waals surface area (Å²) in [6.07, 6.45) is 5.64. The number of likely N-dealkylation sites (N-methyl/N-ethyl adjacent to an activating group) is 1. The highest BCUT2D eigenvalue weighted by atomic mass is 16.5. The molecule has 32 heavy (non-hydrogen) atoms. The minimum atomic E-state index is -0.349. The van der Waals surface area contributed by atoms with Crippen LogP contribution in [0.25, 0.3) is 0 Å². The zero-order chi connectivity index (χ0) is 23.1. The van der Waals surface area contributed by atoms with Gasteiger partial charge >= 0.3 is 0 Å². The number of aryl methyl sites for hydroxylation is 1. The van der Waals surface area contributed by atoms with Crippen molar-refractivity contribution in [2.24, 2.45) is 5.92 Å². The molecule has 3 atom stereocenters. The summed E-state index contributed by atoms with van der Waals surface area (Å²) < 4.78 is 7.91. The largest absolute Gasteiger partial charge is 0.394 e. The van der Waals surface area contributed by atoms with Crippen LogP contribution in [0.4, 0.5) is 0 Å². The van der Waals surface area contributed by atoms with Crippen molar-refractivity contribution in [1.82, 2.24) is 29.8 Å². The smallest absolute Gasteiger partial charge is 0.253 e. The van der Waals surface area contributed by atoms with E-state index in [0.29, 0.717) is 43.7 Å². The molecule has 2 aromatic rings. The van der Waals surface area contributed by atoms with E-state index in [0.717, 1.165) is 0 Å². The number of carbonyl (C=O) groups excluding carboxylic acids is 2. The fourth-order valence-electron chi connectivity index (χ4n) is 3.76. The average molecular weight is 445 g/mol. The van der Waals surface area contributed by atoms with Crippen LogP contribution >= 0.6 is 0 Å². The van der Waals surface area contributed by atoms with E-state index in [1.165, 1.54) is 0 Å². The second-order valence-electron chi connectivity index (χ2n) is 8.40. The summed E-state index contributed by atoms with van der Waals surface area (Å²) in [5.41, 5.74) is 1.25. The van der Waals surface area contributed by atoms with Crippen LogP contribution in [-0.2, 0) is 22.7 Å². The SMILES string of the molecule is C[C@H]1CN([C@@H](C)CO)C(=O)CCCn2cc(nn2)CO[C@H]1CN(C)C(=O)c1ccncc1. The molecule has 1 aliphatic heterocycles. The lowest BCUT2D eigenvalue weighted by Crippen LogP contribution is -2.47. The van der Waals surface area contributed by atoms with Gasteiger partial charge in [-0.1, -0.05) is 12.1 Å². The van der Waals surface area contributed by atoms with Crippen molar-refractivity contribution >= 4 is 11.8 Å². The first-order chi connectivity index (χ1) is 15.4. The number of carbonyl (C=O) groups is 2. The summed E-state index contributed by atoms with van der Waals surface area (Å²) >= 11 is 0. The molecular formula is C22H32N6O4. The fourth-order valence-corrected chi connectivity index (χ4v) is 3.76. The predicted molar refractivity (Wildman–Crippen MR) is 116 cm³/mol. The number of hydrogen-bond acceptors (Lipinski definition) is 7. The summed E-state index contributed by atoms with van der Waals surface area (Å²) in [5, 5.41) is 18.0. The maximum Gasteiger partial charge on any atom is 0.253 e. The van der Waals surface area contributed by atoms with Gasteiger partial charge in [-0.2, -0.15) is 0 Å². The Morgan fingerprint density at radius 3 is 2.84 bits per heavy atom. The molecule has 0 aromatic carbocycles. The molecule has 3 rings (SSSR count). The molecule has 0 unspecified atom stereocenters. The van der Waals surface area contributed by atoms with Crippen LogP contribution in [0.2, 0.25) is 0 Å². The van der Waals surface area contributed by atoms with E-state index >= 15 is 0 Å². The van der Waals surface area contributed by atoms with Crippen molar-refractivity contribution in [3.05, 3.63) is 42.0 Å². The molecule has 0 radical (unpaired) electrons. The highest BCUT2D eigenvalue weighted by molar-refractivity contribution is 5.93. The lowest BCUT2D eigenvalue weighted by atomic mass is 10.0. The molecule has 1 aliphatic rings. The molecule has 0 aliphatic carbocycles. The van der Waals surface area contributed by atoms with E-state index in [9.17, 15) is 14.7 Å². The van der Waals surface area contributed by atoms with Crippen LogP contribution < -0.4 is 0 Å². The number of pyridine rings is 1. The molecule has 1 N–H and O–H groups in total. The Morgan fingerprint density at radius 2 is 2.12 bits per heavy atom. The van der Waals surface area contributed by atoms with Gasteiger partial charge in [0.15, 0.2) is 0 Å². The fraction of sp³-hybridized carbons (Fsp3) is 0.591. The lowest BCUT2D eigenvalue weighted by molar-refractivity contribution is -0.136. The van der Waals surface area contributed by atoms with Crippen LogP contribution in [0.3, 0.4) is 0 Å². The summed E-state index contributed by atoms with van der Waals surface area (Å²) in [6, 6.07) is 3.05. The predicted octanol–water partition coefficient (Wildman–Crippen LogP) is 0.970. The Hall–Kier alpha value is -2.85. The molecule has 0 fully saturated rings. The number of amides is 2.